The molecule has 3 rings (SSSR count). The molecule has 1 fully saturated rings. The van der Waals surface area contributed by atoms with E-state index in [9.17, 15) is 0 Å². The Kier molecular flexibility index (Phi) is 5.83. The molecule has 1 saturated carbocycles. The highest BCUT2D eigenvalue weighted by Gasteiger charge is 2.19. The van der Waals surface area contributed by atoms with Crippen LogP contribution < -0.4 is 15.4 Å². The quantitative estimate of drug-likeness (QED) is 0.855. The molecule has 1 heterocycles. The lowest BCUT2D eigenvalue weighted by atomic mass is 9.91. The number of hydrogen-bond acceptors (Lipinski definition) is 4. The molecule has 0 saturated heterocycles. The fourth-order valence-corrected chi connectivity index (χ4v) is 3.47. The van der Waals surface area contributed by atoms with E-state index in [-0.39, 0.29) is 0 Å². The number of benzene rings is 1. The molecule has 24 heavy (non-hydrogen) atoms. The largest absolute Gasteiger partial charge is 0.496 e. The van der Waals surface area contributed by atoms with E-state index in [1.54, 1.807) is 13.3 Å². The second kappa shape index (κ2) is 8.27. The minimum absolute atomic E-state index is 0.598. The van der Waals surface area contributed by atoms with Crippen LogP contribution in [0, 0.1) is 0 Å². The van der Waals surface area contributed by atoms with Gasteiger partial charge >= 0.3 is 0 Å². The van der Waals surface area contributed by atoms with Crippen molar-refractivity contribution in [2.75, 3.05) is 14.2 Å². The normalized spacial score (nSPS) is 20.8. The number of ether oxygens (including phenoxy) is 1. The van der Waals surface area contributed by atoms with Crippen LogP contribution in [0.1, 0.15) is 31.2 Å². The summed E-state index contributed by atoms with van der Waals surface area (Å²) >= 11 is 0. The molecule has 0 unspecified atom stereocenters. The summed E-state index contributed by atoms with van der Waals surface area (Å²) in [5.74, 6) is 0.944. The van der Waals surface area contributed by atoms with Crippen LogP contribution in [0.15, 0.2) is 42.7 Å². The van der Waals surface area contributed by atoms with Gasteiger partial charge in [-0.15, -0.1) is 0 Å². The number of rotatable bonds is 6. The first-order chi connectivity index (χ1) is 11.8. The summed E-state index contributed by atoms with van der Waals surface area (Å²) in [5.41, 5.74) is 3.52. The highest BCUT2D eigenvalue weighted by atomic mass is 16.5. The molecule has 0 bridgehead atoms. The van der Waals surface area contributed by atoms with Gasteiger partial charge in [-0.3, -0.25) is 4.98 Å². The average molecular weight is 325 g/mol. The van der Waals surface area contributed by atoms with Crippen LogP contribution in [0.2, 0.25) is 0 Å². The first-order valence-corrected chi connectivity index (χ1v) is 8.78. The lowest BCUT2D eigenvalue weighted by Gasteiger charge is -2.29. The maximum atomic E-state index is 5.54. The van der Waals surface area contributed by atoms with E-state index in [1.807, 2.05) is 12.3 Å². The van der Waals surface area contributed by atoms with Gasteiger partial charge in [0, 0.05) is 42.1 Å². The molecule has 1 aromatic heterocycles. The Morgan fingerprint density at radius 3 is 2.54 bits per heavy atom. The van der Waals surface area contributed by atoms with Crippen molar-refractivity contribution in [3.8, 4) is 16.9 Å². The Bertz CT molecular complexity index is 637. The van der Waals surface area contributed by atoms with E-state index in [0.29, 0.717) is 12.1 Å². The van der Waals surface area contributed by atoms with Crippen molar-refractivity contribution in [3.63, 3.8) is 0 Å². The number of hydrogen-bond donors (Lipinski definition) is 2. The molecule has 1 aromatic carbocycles. The molecule has 4 heteroatoms. The number of pyridine rings is 1. The second-order valence-electron chi connectivity index (χ2n) is 6.49. The van der Waals surface area contributed by atoms with Crippen LogP contribution in [-0.2, 0) is 6.54 Å². The highest BCUT2D eigenvalue weighted by molar-refractivity contribution is 5.64. The lowest BCUT2D eigenvalue weighted by molar-refractivity contribution is 0.315. The highest BCUT2D eigenvalue weighted by Crippen LogP contribution is 2.27. The number of nitrogens with one attached hydrogen (secondary N) is 2. The molecule has 0 atom stereocenters. The average Bonchev–Trinajstić information content (AvgIpc) is 2.67. The third-order valence-electron chi connectivity index (χ3n) is 4.99. The van der Waals surface area contributed by atoms with Crippen LogP contribution >= 0.6 is 0 Å². The summed E-state index contributed by atoms with van der Waals surface area (Å²) < 4.78 is 5.54. The molecular formula is C20H27N3O. The maximum absolute atomic E-state index is 5.54. The summed E-state index contributed by atoms with van der Waals surface area (Å²) in [6.07, 6.45) is 8.67. The predicted molar refractivity (Wildman–Crippen MR) is 98.2 cm³/mol. The summed E-state index contributed by atoms with van der Waals surface area (Å²) in [6, 6.07) is 11.7. The van der Waals surface area contributed by atoms with Crippen molar-refractivity contribution < 1.29 is 4.74 Å². The molecule has 0 amide bonds. The lowest BCUT2D eigenvalue weighted by Crippen LogP contribution is -2.38. The zero-order chi connectivity index (χ0) is 16.8. The van der Waals surface area contributed by atoms with Gasteiger partial charge in [0.1, 0.15) is 5.75 Å². The maximum Gasteiger partial charge on any atom is 0.123 e. The zero-order valence-corrected chi connectivity index (χ0v) is 14.6. The molecule has 0 spiro atoms. The van der Waals surface area contributed by atoms with E-state index < -0.39 is 0 Å². The Balaban J connectivity index is 1.68. The smallest absolute Gasteiger partial charge is 0.123 e. The molecule has 2 N–H and O–H groups in total. The molecule has 1 aliphatic rings. The first kappa shape index (κ1) is 16.9. The fraction of sp³-hybridized carbons (Fsp3) is 0.450. The number of aromatic nitrogens is 1. The summed E-state index contributed by atoms with van der Waals surface area (Å²) in [6.45, 7) is 0.839. The van der Waals surface area contributed by atoms with Gasteiger partial charge in [0.05, 0.1) is 7.11 Å². The Hall–Kier alpha value is -1.91. The van der Waals surface area contributed by atoms with Crippen molar-refractivity contribution in [1.82, 2.24) is 15.6 Å². The predicted octanol–water partition coefficient (Wildman–Crippen LogP) is 3.38. The van der Waals surface area contributed by atoms with Crippen LogP contribution in [0.5, 0.6) is 5.75 Å². The first-order valence-electron chi connectivity index (χ1n) is 8.78. The fourth-order valence-electron chi connectivity index (χ4n) is 3.47. The van der Waals surface area contributed by atoms with Gasteiger partial charge in [0.25, 0.3) is 0 Å². The molecule has 0 radical (unpaired) electrons. The molecule has 0 aliphatic heterocycles. The summed E-state index contributed by atoms with van der Waals surface area (Å²) in [7, 11) is 3.80. The SMILES string of the molecule is CNC1CCC(NCc2cc(-c3cccnc3)ccc2OC)CC1. The van der Waals surface area contributed by atoms with Gasteiger partial charge in [-0.1, -0.05) is 12.1 Å². The van der Waals surface area contributed by atoms with Crippen molar-refractivity contribution in [1.29, 1.82) is 0 Å². The minimum Gasteiger partial charge on any atom is -0.496 e. The molecule has 1 aliphatic carbocycles. The van der Waals surface area contributed by atoms with Crippen molar-refractivity contribution in [3.05, 3.63) is 48.3 Å². The van der Waals surface area contributed by atoms with Gasteiger partial charge < -0.3 is 15.4 Å². The summed E-state index contributed by atoms with van der Waals surface area (Å²) in [4.78, 5) is 4.22. The Labute approximate surface area is 144 Å². The molecule has 128 valence electrons. The van der Waals surface area contributed by atoms with Gasteiger partial charge in [-0.05, 0) is 56.5 Å². The number of methoxy groups -OCH3 is 1. The minimum atomic E-state index is 0.598. The van der Waals surface area contributed by atoms with E-state index >= 15 is 0 Å². The summed E-state index contributed by atoms with van der Waals surface area (Å²) in [5, 5.41) is 7.10. The van der Waals surface area contributed by atoms with Gasteiger partial charge in [-0.25, -0.2) is 0 Å². The van der Waals surface area contributed by atoms with Gasteiger partial charge in [0.15, 0.2) is 0 Å². The van der Waals surface area contributed by atoms with Crippen molar-refractivity contribution >= 4 is 0 Å². The Morgan fingerprint density at radius 1 is 1.08 bits per heavy atom. The van der Waals surface area contributed by atoms with Gasteiger partial charge in [0.2, 0.25) is 0 Å². The third kappa shape index (κ3) is 4.13. The Morgan fingerprint density at radius 2 is 1.88 bits per heavy atom. The van der Waals surface area contributed by atoms with Crippen molar-refractivity contribution in [2.45, 2.75) is 44.3 Å². The van der Waals surface area contributed by atoms with Crippen LogP contribution in [-0.4, -0.2) is 31.2 Å². The van der Waals surface area contributed by atoms with E-state index in [4.69, 9.17) is 4.74 Å². The van der Waals surface area contributed by atoms with E-state index in [2.05, 4.69) is 46.9 Å². The molecule has 4 nitrogen and oxygen atoms in total. The number of nitrogens with zero attached hydrogens (tertiary/aromatic N) is 1. The van der Waals surface area contributed by atoms with Crippen LogP contribution in [0.4, 0.5) is 0 Å². The van der Waals surface area contributed by atoms with Crippen LogP contribution in [0.25, 0.3) is 11.1 Å². The second-order valence-corrected chi connectivity index (χ2v) is 6.49. The standard InChI is InChI=1S/C20H27N3O/c1-21-18-6-8-19(9-7-18)23-14-17-12-15(5-10-20(17)24-2)16-4-3-11-22-13-16/h3-5,10-13,18-19,21,23H,6-9,14H2,1-2H3. The van der Waals surface area contributed by atoms with Crippen molar-refractivity contribution in [2.24, 2.45) is 0 Å². The van der Waals surface area contributed by atoms with Crippen LogP contribution in [0.3, 0.4) is 0 Å². The zero-order valence-electron chi connectivity index (χ0n) is 14.6. The topological polar surface area (TPSA) is 46.2 Å². The monoisotopic (exact) mass is 325 g/mol. The van der Waals surface area contributed by atoms with Gasteiger partial charge in [-0.2, -0.15) is 0 Å². The molecular weight excluding hydrogens is 298 g/mol. The molecule has 2 aromatic rings. The van der Waals surface area contributed by atoms with E-state index in [1.165, 1.54) is 36.8 Å². The van der Waals surface area contributed by atoms with E-state index in [0.717, 1.165) is 17.9 Å². The third-order valence-corrected chi connectivity index (χ3v) is 4.99.